The average Bonchev–Trinajstić information content (AvgIpc) is 3.16. The predicted octanol–water partition coefficient (Wildman–Crippen LogP) is 2.59. The number of halogens is 1. The van der Waals surface area contributed by atoms with Gasteiger partial charge in [0, 0.05) is 24.5 Å². The summed E-state index contributed by atoms with van der Waals surface area (Å²) in [4.78, 5) is 15.0. The van der Waals surface area contributed by atoms with Gasteiger partial charge in [0.25, 0.3) is 5.56 Å². The lowest BCUT2D eigenvalue weighted by Crippen LogP contribution is -2.33. The van der Waals surface area contributed by atoms with Crippen LogP contribution in [-0.2, 0) is 7.05 Å². The number of anilines is 1. The van der Waals surface area contributed by atoms with Gasteiger partial charge in [0.2, 0.25) is 0 Å². The van der Waals surface area contributed by atoms with Gasteiger partial charge in [-0.3, -0.25) is 4.79 Å². The number of aromatic nitrogens is 2. The highest BCUT2D eigenvalue weighted by atomic mass is 35.5. The molecule has 0 saturated carbocycles. The number of rotatable bonds is 4. The molecule has 0 bridgehead atoms. The van der Waals surface area contributed by atoms with Crippen LogP contribution in [0.3, 0.4) is 0 Å². The first-order valence-electron chi connectivity index (χ1n) is 7.28. The van der Waals surface area contributed by atoms with Crippen LogP contribution in [0, 0.1) is 0 Å². The van der Waals surface area contributed by atoms with Crippen LogP contribution in [0.5, 0.6) is 0 Å². The lowest BCUT2D eigenvalue weighted by molar-refractivity contribution is 0.162. The van der Waals surface area contributed by atoms with Gasteiger partial charge < -0.3 is 10.0 Å². The molecule has 3 heterocycles. The Kier molecular flexibility index (Phi) is 4.52. The molecular formula is C15H18ClN3O2S. The minimum atomic E-state index is -0.483. The van der Waals surface area contributed by atoms with Crippen LogP contribution >= 0.6 is 22.9 Å². The second kappa shape index (κ2) is 6.40. The lowest BCUT2D eigenvalue weighted by atomic mass is 10.1. The Hall–Kier alpha value is -1.37. The van der Waals surface area contributed by atoms with Crippen LogP contribution < -0.4 is 10.5 Å². The number of aliphatic hydroxyl groups excluding tert-OH is 1. The summed E-state index contributed by atoms with van der Waals surface area (Å²) < 4.78 is 1.23. The van der Waals surface area contributed by atoms with Crippen LogP contribution in [-0.4, -0.2) is 27.5 Å². The Morgan fingerprint density at radius 2 is 2.41 bits per heavy atom. The van der Waals surface area contributed by atoms with E-state index in [0.29, 0.717) is 12.1 Å². The first-order chi connectivity index (χ1) is 10.6. The summed E-state index contributed by atoms with van der Waals surface area (Å²) in [7, 11) is 1.58. The van der Waals surface area contributed by atoms with E-state index in [1.165, 1.54) is 4.68 Å². The van der Waals surface area contributed by atoms with Crippen molar-refractivity contribution in [3.63, 3.8) is 0 Å². The van der Waals surface area contributed by atoms with Crippen LogP contribution in [0.25, 0.3) is 0 Å². The third-order valence-corrected chi connectivity index (χ3v) is 5.44. The Morgan fingerprint density at radius 3 is 3.14 bits per heavy atom. The predicted molar refractivity (Wildman–Crippen MR) is 88.8 cm³/mol. The van der Waals surface area contributed by atoms with Crippen molar-refractivity contribution in [1.29, 1.82) is 0 Å². The molecule has 2 aromatic heterocycles. The summed E-state index contributed by atoms with van der Waals surface area (Å²) >= 11 is 7.76. The minimum Gasteiger partial charge on any atom is -0.387 e. The Balaban J connectivity index is 1.82. The Morgan fingerprint density at radius 1 is 1.59 bits per heavy atom. The van der Waals surface area contributed by atoms with E-state index in [1.54, 1.807) is 24.6 Å². The zero-order valence-corrected chi connectivity index (χ0v) is 13.8. The molecule has 2 aromatic rings. The third kappa shape index (κ3) is 2.91. The average molecular weight is 340 g/mol. The molecule has 5 nitrogen and oxygen atoms in total. The van der Waals surface area contributed by atoms with Crippen LogP contribution in [0.2, 0.25) is 5.02 Å². The van der Waals surface area contributed by atoms with Gasteiger partial charge >= 0.3 is 0 Å². The first-order valence-corrected chi connectivity index (χ1v) is 8.53. The number of aliphatic hydroxyl groups is 1. The largest absolute Gasteiger partial charge is 0.387 e. The minimum absolute atomic E-state index is 0.170. The van der Waals surface area contributed by atoms with E-state index in [4.69, 9.17) is 11.6 Å². The normalized spacial score (nSPS) is 19.6. The second-order valence-corrected chi connectivity index (χ2v) is 6.89. The standard InChI is InChI=1S/C15H18ClN3O2S/c1-18-15(21)14(16)11(9-17-18)19-6-2-4-10(19)8-12(20)13-5-3-7-22-13/h3,5,7,9-10,12,20H,2,4,6,8H2,1H3/t10-,12-/m1/s1. The number of hydrogen-bond donors (Lipinski definition) is 1. The van der Waals surface area contributed by atoms with Crippen molar-refractivity contribution in [2.45, 2.75) is 31.4 Å². The maximum Gasteiger partial charge on any atom is 0.287 e. The van der Waals surface area contributed by atoms with Gasteiger partial charge in [0.05, 0.1) is 18.0 Å². The highest BCUT2D eigenvalue weighted by Crippen LogP contribution is 2.34. The van der Waals surface area contributed by atoms with Crippen molar-refractivity contribution in [1.82, 2.24) is 9.78 Å². The number of thiophene rings is 1. The molecule has 1 N–H and O–H groups in total. The van der Waals surface area contributed by atoms with Gasteiger partial charge in [-0.1, -0.05) is 17.7 Å². The molecule has 2 atom stereocenters. The van der Waals surface area contributed by atoms with E-state index in [-0.39, 0.29) is 16.6 Å². The van der Waals surface area contributed by atoms with Crippen LogP contribution in [0.15, 0.2) is 28.5 Å². The number of aryl methyl sites for hydroxylation is 1. The fraction of sp³-hybridized carbons (Fsp3) is 0.467. The van der Waals surface area contributed by atoms with Crippen molar-refractivity contribution in [3.8, 4) is 0 Å². The fourth-order valence-corrected chi connectivity index (χ4v) is 3.96. The summed E-state index contributed by atoms with van der Waals surface area (Å²) in [6.07, 6.45) is 3.79. The molecule has 3 rings (SSSR count). The molecule has 1 aliphatic heterocycles. The first kappa shape index (κ1) is 15.5. The van der Waals surface area contributed by atoms with Crippen molar-refractivity contribution in [2.24, 2.45) is 7.05 Å². The maximum absolute atomic E-state index is 12.0. The van der Waals surface area contributed by atoms with Crippen molar-refractivity contribution < 1.29 is 5.11 Å². The van der Waals surface area contributed by atoms with Gasteiger partial charge in [0.15, 0.2) is 0 Å². The number of hydrogen-bond acceptors (Lipinski definition) is 5. The van der Waals surface area contributed by atoms with Gasteiger partial charge in [-0.05, 0) is 30.7 Å². The van der Waals surface area contributed by atoms with E-state index < -0.39 is 6.10 Å². The summed E-state index contributed by atoms with van der Waals surface area (Å²) in [5, 5.41) is 16.6. The summed E-state index contributed by atoms with van der Waals surface area (Å²) in [5.74, 6) is 0. The molecule has 1 saturated heterocycles. The smallest absolute Gasteiger partial charge is 0.287 e. The molecular weight excluding hydrogens is 322 g/mol. The SMILES string of the molecule is Cn1ncc(N2CCC[C@@H]2C[C@@H](O)c2cccs2)c(Cl)c1=O. The topological polar surface area (TPSA) is 58.4 Å². The van der Waals surface area contributed by atoms with E-state index in [1.807, 2.05) is 17.5 Å². The molecule has 0 aliphatic carbocycles. The second-order valence-electron chi connectivity index (χ2n) is 5.53. The summed E-state index contributed by atoms with van der Waals surface area (Å²) in [6, 6.07) is 4.06. The molecule has 0 radical (unpaired) electrons. The van der Waals surface area contributed by atoms with Crippen LogP contribution in [0.1, 0.15) is 30.2 Å². The van der Waals surface area contributed by atoms with Gasteiger partial charge in [-0.15, -0.1) is 11.3 Å². The molecule has 118 valence electrons. The van der Waals surface area contributed by atoms with Crippen LogP contribution in [0.4, 0.5) is 5.69 Å². The third-order valence-electron chi connectivity index (χ3n) is 4.11. The quantitative estimate of drug-likeness (QED) is 0.930. The molecule has 1 fully saturated rings. The fourth-order valence-electron chi connectivity index (χ4n) is 2.95. The molecule has 0 spiro atoms. The zero-order chi connectivity index (χ0) is 15.7. The summed E-state index contributed by atoms with van der Waals surface area (Å²) in [6.45, 7) is 0.830. The summed E-state index contributed by atoms with van der Waals surface area (Å²) in [5.41, 5.74) is 0.384. The van der Waals surface area contributed by atoms with Crippen molar-refractivity contribution in [2.75, 3.05) is 11.4 Å². The van der Waals surface area contributed by atoms with Gasteiger partial charge in [-0.2, -0.15) is 5.10 Å². The van der Waals surface area contributed by atoms with E-state index in [9.17, 15) is 9.90 Å². The highest BCUT2D eigenvalue weighted by Gasteiger charge is 2.29. The molecule has 0 unspecified atom stereocenters. The molecule has 1 aliphatic rings. The maximum atomic E-state index is 12.0. The molecule has 0 aromatic carbocycles. The monoisotopic (exact) mass is 339 g/mol. The van der Waals surface area contributed by atoms with Gasteiger partial charge in [-0.25, -0.2) is 4.68 Å². The van der Waals surface area contributed by atoms with E-state index in [2.05, 4.69) is 10.00 Å². The molecule has 0 amide bonds. The Bertz CT molecular complexity index is 701. The highest BCUT2D eigenvalue weighted by molar-refractivity contribution is 7.10. The molecule has 7 heteroatoms. The lowest BCUT2D eigenvalue weighted by Gasteiger charge is -2.28. The molecule has 22 heavy (non-hydrogen) atoms. The van der Waals surface area contributed by atoms with Gasteiger partial charge in [0.1, 0.15) is 5.02 Å². The Labute approximate surface area is 137 Å². The van der Waals surface area contributed by atoms with E-state index in [0.717, 1.165) is 24.3 Å². The zero-order valence-electron chi connectivity index (χ0n) is 12.3. The van der Waals surface area contributed by atoms with E-state index >= 15 is 0 Å². The van der Waals surface area contributed by atoms with Crippen molar-refractivity contribution in [3.05, 3.63) is 44.0 Å². The van der Waals surface area contributed by atoms with Crippen molar-refractivity contribution >= 4 is 28.6 Å². The number of nitrogens with zero attached hydrogens (tertiary/aromatic N) is 3.